The van der Waals surface area contributed by atoms with Crippen molar-refractivity contribution in [3.63, 3.8) is 0 Å². The molecule has 6 N–H and O–H groups in total. The SMILES string of the molecule is N#C[C@@H]1CCCN1C(=O)CNCCC1(c2nn[nH]n2)c2cc(C(N)=O)sc2CCc2sc(C(N)=O)cc21. The maximum atomic E-state index is 12.8. The van der Waals surface area contributed by atoms with Gasteiger partial charge >= 0.3 is 0 Å². The van der Waals surface area contributed by atoms with Gasteiger partial charge in [0.2, 0.25) is 5.91 Å². The molecule has 3 amide bonds. The quantitative estimate of drug-likeness (QED) is 0.296. The third-order valence-corrected chi connectivity index (χ3v) is 9.42. The molecule has 192 valence electrons. The Hall–Kier alpha value is -3.67. The van der Waals surface area contributed by atoms with E-state index in [9.17, 15) is 19.6 Å². The van der Waals surface area contributed by atoms with Crippen molar-refractivity contribution in [2.24, 2.45) is 11.5 Å². The van der Waals surface area contributed by atoms with Gasteiger partial charge in [0.15, 0.2) is 5.82 Å². The number of hydrogen-bond acceptors (Lipinski definition) is 10. The Morgan fingerprint density at radius 3 is 2.35 bits per heavy atom. The highest BCUT2D eigenvalue weighted by Crippen LogP contribution is 2.50. The lowest BCUT2D eigenvalue weighted by atomic mass is 9.71. The Labute approximate surface area is 220 Å². The summed E-state index contributed by atoms with van der Waals surface area (Å²) in [6.07, 6.45) is 3.21. The van der Waals surface area contributed by atoms with E-state index in [0.29, 0.717) is 54.4 Å². The van der Waals surface area contributed by atoms with E-state index < -0.39 is 17.2 Å². The minimum absolute atomic E-state index is 0.0760. The van der Waals surface area contributed by atoms with Gasteiger partial charge in [0.05, 0.1) is 27.8 Å². The number of H-pyrrole nitrogens is 1. The van der Waals surface area contributed by atoms with Crippen LogP contribution in [0.2, 0.25) is 0 Å². The van der Waals surface area contributed by atoms with E-state index >= 15 is 0 Å². The zero-order chi connectivity index (χ0) is 26.2. The number of aromatic amines is 1. The number of aromatic nitrogens is 4. The predicted octanol–water partition coefficient (Wildman–Crippen LogP) is 0.448. The first-order valence-electron chi connectivity index (χ1n) is 11.8. The van der Waals surface area contributed by atoms with Crippen molar-refractivity contribution < 1.29 is 14.4 Å². The summed E-state index contributed by atoms with van der Waals surface area (Å²) in [4.78, 5) is 41.4. The Morgan fingerprint density at radius 1 is 1.16 bits per heavy atom. The van der Waals surface area contributed by atoms with Gasteiger partial charge in [-0.25, -0.2) is 0 Å². The number of carbonyl (C=O) groups is 3. The van der Waals surface area contributed by atoms with Crippen molar-refractivity contribution in [1.29, 1.82) is 5.26 Å². The molecule has 1 aliphatic heterocycles. The molecule has 37 heavy (non-hydrogen) atoms. The Kier molecular flexibility index (Phi) is 6.76. The number of nitrogens with one attached hydrogen (secondary N) is 2. The van der Waals surface area contributed by atoms with E-state index in [-0.39, 0.29) is 18.5 Å². The van der Waals surface area contributed by atoms with Crippen LogP contribution in [0.5, 0.6) is 0 Å². The fraction of sp³-hybridized carbons (Fsp3) is 0.435. The number of carbonyl (C=O) groups excluding carboxylic acids is 3. The molecule has 4 heterocycles. The maximum Gasteiger partial charge on any atom is 0.258 e. The molecule has 1 saturated heterocycles. The van der Waals surface area contributed by atoms with Gasteiger partial charge in [0, 0.05) is 16.3 Å². The molecule has 3 aromatic heterocycles. The van der Waals surface area contributed by atoms with E-state index in [2.05, 4.69) is 32.0 Å². The lowest BCUT2D eigenvalue weighted by molar-refractivity contribution is -0.130. The molecule has 1 fully saturated rings. The number of nitrogens with zero attached hydrogens (tertiary/aromatic N) is 5. The Balaban J connectivity index is 1.52. The number of nitriles is 1. The van der Waals surface area contributed by atoms with Crippen LogP contribution in [0.4, 0.5) is 0 Å². The number of aryl methyl sites for hydroxylation is 2. The molecule has 0 radical (unpaired) electrons. The average Bonchev–Trinajstić information content (AvgIpc) is 3.68. The smallest absolute Gasteiger partial charge is 0.258 e. The van der Waals surface area contributed by atoms with Crippen molar-refractivity contribution in [2.75, 3.05) is 19.6 Å². The number of hydrogen-bond donors (Lipinski definition) is 4. The second-order valence-corrected chi connectivity index (χ2v) is 11.3. The summed E-state index contributed by atoms with van der Waals surface area (Å²) in [6.45, 7) is 1.04. The first-order chi connectivity index (χ1) is 17.8. The monoisotopic (exact) mass is 539 g/mol. The predicted molar refractivity (Wildman–Crippen MR) is 135 cm³/mol. The second-order valence-electron chi connectivity index (χ2n) is 9.07. The molecule has 0 aromatic carbocycles. The van der Waals surface area contributed by atoms with Crippen molar-refractivity contribution in [3.8, 4) is 6.07 Å². The maximum absolute atomic E-state index is 12.8. The minimum atomic E-state index is -0.957. The van der Waals surface area contributed by atoms with E-state index in [1.165, 1.54) is 22.7 Å². The van der Waals surface area contributed by atoms with Crippen LogP contribution in [-0.4, -0.2) is 68.9 Å². The molecule has 0 saturated carbocycles. The molecule has 14 heteroatoms. The Bertz CT molecular complexity index is 1330. The van der Waals surface area contributed by atoms with Crippen molar-refractivity contribution in [2.45, 2.75) is 43.6 Å². The molecular formula is C23H25N9O3S2. The lowest BCUT2D eigenvalue weighted by Crippen LogP contribution is -2.42. The van der Waals surface area contributed by atoms with Gasteiger partial charge < -0.3 is 21.7 Å². The van der Waals surface area contributed by atoms with Gasteiger partial charge in [-0.05, 0) is 61.9 Å². The van der Waals surface area contributed by atoms with E-state index in [1.807, 2.05) is 0 Å². The second kappa shape index (κ2) is 10.0. The summed E-state index contributed by atoms with van der Waals surface area (Å²) >= 11 is 2.69. The van der Waals surface area contributed by atoms with Crippen LogP contribution in [0, 0.1) is 11.3 Å². The van der Waals surface area contributed by atoms with Crippen molar-refractivity contribution in [1.82, 2.24) is 30.8 Å². The first-order valence-corrected chi connectivity index (χ1v) is 13.5. The number of primary amides is 2. The number of likely N-dealkylation sites (tertiary alicyclic amines) is 1. The Morgan fingerprint density at radius 2 is 1.81 bits per heavy atom. The highest BCUT2D eigenvalue weighted by Gasteiger charge is 2.46. The van der Waals surface area contributed by atoms with Gasteiger partial charge in [0.1, 0.15) is 6.04 Å². The number of amides is 3. The molecule has 0 bridgehead atoms. The van der Waals surface area contributed by atoms with Gasteiger partial charge in [-0.15, -0.1) is 32.9 Å². The number of nitrogens with two attached hydrogens (primary N) is 2. The summed E-state index contributed by atoms with van der Waals surface area (Å²) in [5, 5.41) is 27.6. The summed E-state index contributed by atoms with van der Waals surface area (Å²) in [5.41, 5.74) is 12.0. The van der Waals surface area contributed by atoms with Gasteiger partial charge in [0.25, 0.3) is 11.8 Å². The summed E-state index contributed by atoms with van der Waals surface area (Å²) in [6, 6.07) is 5.36. The summed E-state index contributed by atoms with van der Waals surface area (Å²) in [7, 11) is 0. The normalized spacial score (nSPS) is 18.0. The molecule has 1 atom stereocenters. The zero-order valence-electron chi connectivity index (χ0n) is 19.8. The van der Waals surface area contributed by atoms with E-state index in [0.717, 1.165) is 27.3 Å². The third kappa shape index (κ3) is 4.39. The molecule has 5 rings (SSSR count). The average molecular weight is 540 g/mol. The summed E-state index contributed by atoms with van der Waals surface area (Å²) in [5.74, 6) is -0.788. The van der Waals surface area contributed by atoms with Crippen LogP contribution in [0.15, 0.2) is 12.1 Å². The number of fused-ring (bicyclic) bond motifs is 2. The number of tetrazole rings is 1. The fourth-order valence-corrected chi connectivity index (χ4v) is 7.48. The van der Waals surface area contributed by atoms with Crippen molar-refractivity contribution >= 4 is 40.4 Å². The van der Waals surface area contributed by atoms with Crippen LogP contribution in [0.25, 0.3) is 0 Å². The molecule has 0 unspecified atom stereocenters. The van der Waals surface area contributed by atoms with Gasteiger partial charge in [-0.1, -0.05) is 5.21 Å². The van der Waals surface area contributed by atoms with Crippen LogP contribution in [0.1, 0.15) is 65.3 Å². The highest BCUT2D eigenvalue weighted by atomic mass is 32.1. The van der Waals surface area contributed by atoms with Crippen LogP contribution in [-0.2, 0) is 23.1 Å². The highest BCUT2D eigenvalue weighted by molar-refractivity contribution is 7.15. The molecule has 12 nitrogen and oxygen atoms in total. The van der Waals surface area contributed by atoms with E-state index in [1.54, 1.807) is 17.0 Å². The first kappa shape index (κ1) is 25.0. The minimum Gasteiger partial charge on any atom is -0.365 e. The molecule has 2 aliphatic rings. The summed E-state index contributed by atoms with van der Waals surface area (Å²) < 4.78 is 0. The standard InChI is InChI=1S/C23H25N9O3S2/c24-10-12-2-1-7-32(12)19(33)11-27-6-5-23(22-28-30-31-29-22)13-8-17(20(25)34)36-15(13)3-4-16-14(23)9-18(37-16)21(26)35/h8-9,12,27H,1-7,11H2,(H2,25,34)(H2,26,35)(H,28,29,30,31)/t12-/m0/s1. The number of thiophene rings is 2. The van der Waals surface area contributed by atoms with Crippen LogP contribution < -0.4 is 16.8 Å². The number of rotatable bonds is 8. The van der Waals surface area contributed by atoms with Crippen LogP contribution >= 0.6 is 22.7 Å². The van der Waals surface area contributed by atoms with Crippen molar-refractivity contribution in [3.05, 3.63) is 48.6 Å². The molecule has 1 aliphatic carbocycles. The largest absolute Gasteiger partial charge is 0.365 e. The third-order valence-electron chi connectivity index (χ3n) is 7.00. The molecule has 3 aromatic rings. The van der Waals surface area contributed by atoms with Gasteiger partial charge in [-0.2, -0.15) is 10.5 Å². The lowest BCUT2D eigenvalue weighted by Gasteiger charge is -2.31. The van der Waals surface area contributed by atoms with Gasteiger partial charge in [-0.3, -0.25) is 14.4 Å². The van der Waals surface area contributed by atoms with E-state index in [4.69, 9.17) is 11.5 Å². The molecular weight excluding hydrogens is 514 g/mol. The molecule has 0 spiro atoms. The fourth-order valence-electron chi connectivity index (χ4n) is 5.30. The zero-order valence-corrected chi connectivity index (χ0v) is 21.5. The van der Waals surface area contributed by atoms with Crippen LogP contribution in [0.3, 0.4) is 0 Å². The topological polar surface area (TPSA) is 197 Å².